The van der Waals surface area contributed by atoms with E-state index in [1.165, 1.54) is 4.90 Å². The molecule has 1 aliphatic carbocycles. The highest BCUT2D eigenvalue weighted by Gasteiger charge is 2.44. The van der Waals surface area contributed by atoms with Crippen LogP contribution in [0.3, 0.4) is 0 Å². The molecule has 80 valence electrons. The van der Waals surface area contributed by atoms with Crippen molar-refractivity contribution in [1.82, 2.24) is 0 Å². The number of ether oxygens (including phenoxy) is 1. The van der Waals surface area contributed by atoms with Crippen LogP contribution < -0.4 is 0 Å². The normalized spacial score (nSPS) is 23.5. The Bertz CT molecular complexity index is 337. The van der Waals surface area contributed by atoms with Gasteiger partial charge in [-0.3, -0.25) is 4.79 Å². The smallest absolute Gasteiger partial charge is 0.310 e. The van der Waals surface area contributed by atoms with Crippen molar-refractivity contribution >= 4 is 17.7 Å². The van der Waals surface area contributed by atoms with Crippen molar-refractivity contribution in [3.05, 3.63) is 30.3 Å². The van der Waals surface area contributed by atoms with E-state index >= 15 is 0 Å². The van der Waals surface area contributed by atoms with Crippen LogP contribution in [0.5, 0.6) is 0 Å². The summed E-state index contributed by atoms with van der Waals surface area (Å²) in [7, 11) is 0. The second-order valence-corrected chi connectivity index (χ2v) is 4.88. The molecular formula is C12H14O2S. The zero-order valence-electron chi connectivity index (χ0n) is 8.68. The van der Waals surface area contributed by atoms with Gasteiger partial charge < -0.3 is 4.74 Å². The SMILES string of the molecule is CCOC(=O)C1CC1Sc1ccccc1. The van der Waals surface area contributed by atoms with E-state index in [-0.39, 0.29) is 11.9 Å². The van der Waals surface area contributed by atoms with Gasteiger partial charge in [-0.1, -0.05) is 18.2 Å². The van der Waals surface area contributed by atoms with Crippen LogP contribution in [-0.4, -0.2) is 17.8 Å². The van der Waals surface area contributed by atoms with Gasteiger partial charge >= 0.3 is 5.97 Å². The number of benzene rings is 1. The molecule has 2 atom stereocenters. The molecule has 1 aliphatic rings. The van der Waals surface area contributed by atoms with Gasteiger partial charge in [0.15, 0.2) is 0 Å². The molecule has 0 N–H and O–H groups in total. The van der Waals surface area contributed by atoms with Crippen molar-refractivity contribution in [2.45, 2.75) is 23.5 Å². The minimum absolute atomic E-state index is 0.0362. The lowest BCUT2D eigenvalue weighted by Gasteiger charge is -2.01. The van der Waals surface area contributed by atoms with Gasteiger partial charge in [-0.05, 0) is 25.5 Å². The molecule has 2 rings (SSSR count). The molecule has 0 heterocycles. The predicted octanol–water partition coefficient (Wildman–Crippen LogP) is 2.73. The zero-order valence-corrected chi connectivity index (χ0v) is 9.50. The molecule has 1 aromatic carbocycles. The third-order valence-electron chi connectivity index (χ3n) is 2.35. The molecule has 0 aromatic heterocycles. The average molecular weight is 222 g/mol. The van der Waals surface area contributed by atoms with Crippen molar-refractivity contribution in [3.8, 4) is 0 Å². The van der Waals surface area contributed by atoms with Gasteiger partial charge in [0.05, 0.1) is 12.5 Å². The molecule has 0 radical (unpaired) electrons. The molecule has 0 amide bonds. The van der Waals surface area contributed by atoms with Crippen LogP contribution in [-0.2, 0) is 9.53 Å². The molecule has 0 bridgehead atoms. The average Bonchev–Trinajstić information content (AvgIpc) is 2.99. The number of hydrogen-bond acceptors (Lipinski definition) is 3. The maximum atomic E-state index is 11.4. The Morgan fingerprint density at radius 2 is 2.20 bits per heavy atom. The van der Waals surface area contributed by atoms with E-state index in [1.807, 2.05) is 25.1 Å². The largest absolute Gasteiger partial charge is 0.466 e. The number of hydrogen-bond donors (Lipinski definition) is 0. The minimum Gasteiger partial charge on any atom is -0.466 e. The molecule has 1 fully saturated rings. The fraction of sp³-hybridized carbons (Fsp3) is 0.417. The van der Waals surface area contributed by atoms with Gasteiger partial charge in [-0.15, -0.1) is 11.8 Å². The zero-order chi connectivity index (χ0) is 10.7. The first kappa shape index (κ1) is 10.6. The highest BCUT2D eigenvalue weighted by atomic mass is 32.2. The molecule has 0 aliphatic heterocycles. The summed E-state index contributed by atoms with van der Waals surface area (Å²) in [4.78, 5) is 12.6. The summed E-state index contributed by atoms with van der Waals surface area (Å²) >= 11 is 1.77. The summed E-state index contributed by atoms with van der Waals surface area (Å²) in [6, 6.07) is 10.2. The van der Waals surface area contributed by atoms with Gasteiger partial charge in [0.25, 0.3) is 0 Å². The Balaban J connectivity index is 1.83. The summed E-state index contributed by atoms with van der Waals surface area (Å²) in [5.74, 6) is 0.0843. The summed E-state index contributed by atoms with van der Waals surface area (Å²) in [6.07, 6.45) is 0.957. The van der Waals surface area contributed by atoms with Crippen LogP contribution >= 0.6 is 11.8 Å². The highest BCUT2D eigenvalue weighted by molar-refractivity contribution is 8.00. The molecule has 0 saturated heterocycles. The lowest BCUT2D eigenvalue weighted by Crippen LogP contribution is -2.07. The quantitative estimate of drug-likeness (QED) is 0.733. The van der Waals surface area contributed by atoms with Crippen molar-refractivity contribution in [3.63, 3.8) is 0 Å². The fourth-order valence-electron chi connectivity index (χ4n) is 1.47. The lowest BCUT2D eigenvalue weighted by atomic mass is 10.4. The number of carbonyl (C=O) groups is 1. The lowest BCUT2D eigenvalue weighted by molar-refractivity contribution is -0.144. The number of thioether (sulfide) groups is 1. The second-order valence-electron chi connectivity index (χ2n) is 3.56. The summed E-state index contributed by atoms with van der Waals surface area (Å²) < 4.78 is 4.98. The number of esters is 1. The van der Waals surface area contributed by atoms with Crippen LogP contribution in [0.2, 0.25) is 0 Å². The summed E-state index contributed by atoms with van der Waals surface area (Å²) in [5, 5.41) is 0.423. The molecular weight excluding hydrogens is 208 g/mol. The standard InChI is InChI=1S/C12H14O2S/c1-2-14-12(13)10-8-11(10)15-9-6-4-3-5-7-9/h3-7,10-11H,2,8H2,1H3. The first-order valence-corrected chi connectivity index (χ1v) is 6.07. The molecule has 2 unspecified atom stereocenters. The fourth-order valence-corrected chi connectivity index (χ4v) is 2.72. The Kier molecular flexibility index (Phi) is 3.31. The molecule has 15 heavy (non-hydrogen) atoms. The van der Waals surface area contributed by atoms with E-state index in [0.717, 1.165) is 6.42 Å². The highest BCUT2D eigenvalue weighted by Crippen LogP contribution is 2.45. The van der Waals surface area contributed by atoms with Gasteiger partial charge in [0, 0.05) is 10.1 Å². The Hall–Kier alpha value is -0.960. The third kappa shape index (κ3) is 2.75. The van der Waals surface area contributed by atoms with E-state index < -0.39 is 0 Å². The van der Waals surface area contributed by atoms with E-state index in [4.69, 9.17) is 4.74 Å². The molecule has 3 heteroatoms. The Morgan fingerprint density at radius 1 is 1.47 bits per heavy atom. The van der Waals surface area contributed by atoms with Crippen LogP contribution in [0.15, 0.2) is 35.2 Å². The molecule has 1 saturated carbocycles. The Labute approximate surface area is 94.0 Å². The topological polar surface area (TPSA) is 26.3 Å². The van der Waals surface area contributed by atoms with Gasteiger partial charge in [-0.25, -0.2) is 0 Å². The first-order chi connectivity index (χ1) is 7.31. The molecule has 1 aromatic rings. The maximum absolute atomic E-state index is 11.4. The second kappa shape index (κ2) is 4.71. The van der Waals surface area contributed by atoms with Crippen molar-refractivity contribution in [2.75, 3.05) is 6.61 Å². The van der Waals surface area contributed by atoms with Crippen molar-refractivity contribution in [1.29, 1.82) is 0 Å². The van der Waals surface area contributed by atoms with Gasteiger partial charge in [0.1, 0.15) is 0 Å². The van der Waals surface area contributed by atoms with Gasteiger partial charge in [0.2, 0.25) is 0 Å². The van der Waals surface area contributed by atoms with Crippen molar-refractivity contribution in [2.24, 2.45) is 5.92 Å². The van der Waals surface area contributed by atoms with E-state index in [2.05, 4.69) is 12.1 Å². The van der Waals surface area contributed by atoms with Gasteiger partial charge in [-0.2, -0.15) is 0 Å². The maximum Gasteiger partial charge on any atom is 0.310 e. The number of rotatable bonds is 4. The van der Waals surface area contributed by atoms with E-state index in [0.29, 0.717) is 11.9 Å². The third-order valence-corrected chi connectivity index (χ3v) is 3.72. The van der Waals surface area contributed by atoms with Crippen LogP contribution in [0.25, 0.3) is 0 Å². The summed E-state index contributed by atoms with van der Waals surface area (Å²) in [5.41, 5.74) is 0. The monoisotopic (exact) mass is 222 g/mol. The van der Waals surface area contributed by atoms with Crippen LogP contribution in [0.1, 0.15) is 13.3 Å². The van der Waals surface area contributed by atoms with E-state index in [9.17, 15) is 4.79 Å². The predicted molar refractivity (Wildman–Crippen MR) is 60.8 cm³/mol. The molecule has 2 nitrogen and oxygen atoms in total. The minimum atomic E-state index is -0.0362. The molecule has 0 spiro atoms. The summed E-state index contributed by atoms with van der Waals surface area (Å²) in [6.45, 7) is 2.33. The number of carbonyl (C=O) groups excluding carboxylic acids is 1. The Morgan fingerprint density at radius 3 is 2.87 bits per heavy atom. The van der Waals surface area contributed by atoms with Crippen molar-refractivity contribution < 1.29 is 9.53 Å². The van der Waals surface area contributed by atoms with E-state index in [1.54, 1.807) is 11.8 Å². The van der Waals surface area contributed by atoms with Crippen LogP contribution in [0, 0.1) is 5.92 Å². The van der Waals surface area contributed by atoms with Crippen LogP contribution in [0.4, 0.5) is 0 Å². The first-order valence-electron chi connectivity index (χ1n) is 5.19.